The first-order chi connectivity index (χ1) is 12.9. The van der Waals surface area contributed by atoms with Crippen molar-refractivity contribution in [1.82, 2.24) is 34.8 Å². The molecule has 0 aliphatic carbocycles. The summed E-state index contributed by atoms with van der Waals surface area (Å²) < 4.78 is 39.0. The zero-order valence-corrected chi connectivity index (χ0v) is 14.5. The number of alkyl halides is 3. The summed E-state index contributed by atoms with van der Waals surface area (Å²) in [4.78, 5) is 20.9. The van der Waals surface area contributed by atoms with Crippen molar-refractivity contribution in [2.45, 2.75) is 25.4 Å². The van der Waals surface area contributed by atoms with Crippen LogP contribution in [0.5, 0.6) is 0 Å². The molecule has 0 spiro atoms. The van der Waals surface area contributed by atoms with Gasteiger partial charge in [-0.1, -0.05) is 13.3 Å². The lowest BCUT2D eigenvalue weighted by Gasteiger charge is -2.18. The van der Waals surface area contributed by atoms with Gasteiger partial charge in [0.2, 0.25) is 0 Å². The molecule has 8 nitrogen and oxygen atoms in total. The lowest BCUT2D eigenvalue weighted by molar-refractivity contribution is -0.123. The molecule has 0 aromatic carbocycles. The van der Waals surface area contributed by atoms with E-state index >= 15 is 0 Å². The van der Waals surface area contributed by atoms with E-state index in [0.717, 1.165) is 11.9 Å². The average Bonchev–Trinajstić information content (AvgIpc) is 3.33. The van der Waals surface area contributed by atoms with Crippen LogP contribution < -0.4 is 5.32 Å². The molecule has 4 rings (SSSR count). The van der Waals surface area contributed by atoms with Crippen molar-refractivity contribution in [3.63, 3.8) is 0 Å². The van der Waals surface area contributed by atoms with E-state index in [9.17, 15) is 18.0 Å². The maximum Gasteiger partial charge on any atom is 0.405 e. The summed E-state index contributed by atoms with van der Waals surface area (Å²) in [6, 6.07) is 1.15. The van der Waals surface area contributed by atoms with Gasteiger partial charge in [0.1, 0.15) is 12.4 Å². The zero-order valence-electron chi connectivity index (χ0n) is 14.5. The molecule has 3 aromatic rings. The molecule has 1 fully saturated rings. The van der Waals surface area contributed by atoms with E-state index in [4.69, 9.17) is 0 Å². The summed E-state index contributed by atoms with van der Waals surface area (Å²) in [6.07, 6.45) is -0.290. The summed E-state index contributed by atoms with van der Waals surface area (Å²) in [7, 11) is 0. The molecular formula is C16H18F3N7O. The maximum absolute atomic E-state index is 12.4. The third-order valence-electron chi connectivity index (χ3n) is 4.99. The number of rotatable bonds is 3. The highest BCUT2D eigenvalue weighted by molar-refractivity contribution is 5.75. The molecule has 3 aromatic heterocycles. The molecule has 2 N–H and O–H groups in total. The lowest BCUT2D eigenvalue weighted by Crippen LogP contribution is -2.42. The van der Waals surface area contributed by atoms with E-state index in [1.54, 1.807) is 12.4 Å². The second-order valence-corrected chi connectivity index (χ2v) is 6.68. The third-order valence-corrected chi connectivity index (χ3v) is 4.99. The lowest BCUT2D eigenvalue weighted by atomic mass is 9.93. The van der Waals surface area contributed by atoms with Crippen molar-refractivity contribution in [1.29, 1.82) is 0 Å². The molecule has 1 aliphatic heterocycles. The topological polar surface area (TPSA) is 91.2 Å². The van der Waals surface area contributed by atoms with Crippen LogP contribution in [-0.4, -0.2) is 61.3 Å². The second kappa shape index (κ2) is 6.39. The number of hydrogen-bond acceptors (Lipinski definition) is 4. The Kier molecular flexibility index (Phi) is 4.16. The Morgan fingerprint density at radius 2 is 2.19 bits per heavy atom. The monoisotopic (exact) mass is 381 g/mol. The largest absolute Gasteiger partial charge is 0.405 e. The quantitative estimate of drug-likeness (QED) is 0.728. The number of hydrogen-bond donors (Lipinski definition) is 2. The molecule has 1 aliphatic rings. The summed E-state index contributed by atoms with van der Waals surface area (Å²) in [5.41, 5.74) is 2.10. The summed E-state index contributed by atoms with van der Waals surface area (Å²) in [5.74, 6) is 0.647. The van der Waals surface area contributed by atoms with Crippen LogP contribution in [-0.2, 0) is 0 Å². The molecule has 0 saturated carbocycles. The summed E-state index contributed by atoms with van der Waals surface area (Å²) in [5, 5.41) is 10.4. The first-order valence-electron chi connectivity index (χ1n) is 8.64. The number of H-pyrrole nitrogens is 1. The van der Waals surface area contributed by atoms with Crippen LogP contribution in [0.15, 0.2) is 18.5 Å². The Morgan fingerprint density at radius 3 is 2.93 bits per heavy atom. The van der Waals surface area contributed by atoms with E-state index < -0.39 is 18.8 Å². The van der Waals surface area contributed by atoms with Gasteiger partial charge in [0, 0.05) is 25.2 Å². The minimum Gasteiger partial charge on any atom is -0.345 e. The van der Waals surface area contributed by atoms with Crippen LogP contribution >= 0.6 is 0 Å². The number of fused-ring (bicyclic) bond motifs is 3. The van der Waals surface area contributed by atoms with Crippen LogP contribution in [0.3, 0.4) is 0 Å². The Hall–Kier alpha value is -2.85. The fourth-order valence-corrected chi connectivity index (χ4v) is 3.67. The summed E-state index contributed by atoms with van der Waals surface area (Å²) >= 11 is 0. The maximum atomic E-state index is 12.4. The van der Waals surface area contributed by atoms with Gasteiger partial charge in [0.15, 0.2) is 11.3 Å². The van der Waals surface area contributed by atoms with Crippen LogP contribution in [0.1, 0.15) is 25.1 Å². The van der Waals surface area contributed by atoms with Gasteiger partial charge < -0.3 is 15.2 Å². The number of carbonyl (C=O) groups excluding carboxylic acids is 1. The van der Waals surface area contributed by atoms with Crippen molar-refractivity contribution in [2.24, 2.45) is 5.92 Å². The van der Waals surface area contributed by atoms with Crippen molar-refractivity contribution in [3.8, 4) is 0 Å². The number of nitrogens with one attached hydrogen (secondary N) is 2. The SMILES string of the molecule is CC[C@@H]1CN(C(=O)NCC(F)(F)F)C[C@@H]1c1nnc2cnc3[nH]ccc3n12. The van der Waals surface area contributed by atoms with Gasteiger partial charge >= 0.3 is 12.2 Å². The molecule has 11 heteroatoms. The standard InChI is InChI=1S/C16H18F3N7O/c1-2-9-6-25(15(27)22-8-16(17,18)19)7-10(9)14-24-23-12-5-21-13-11(26(12)14)3-4-20-13/h3-5,9-10,20H,2,6-8H2,1H3,(H,22,27)/t9-,10+/m1/s1. The highest BCUT2D eigenvalue weighted by atomic mass is 19.4. The first-order valence-corrected chi connectivity index (χ1v) is 8.64. The highest BCUT2D eigenvalue weighted by Crippen LogP contribution is 2.34. The van der Waals surface area contributed by atoms with E-state index in [2.05, 4.69) is 20.2 Å². The second-order valence-electron chi connectivity index (χ2n) is 6.68. The zero-order chi connectivity index (χ0) is 19.2. The number of nitrogens with zero attached hydrogens (tertiary/aromatic N) is 5. The number of urea groups is 1. The van der Waals surface area contributed by atoms with Gasteiger partial charge in [0.25, 0.3) is 0 Å². The molecule has 0 unspecified atom stereocenters. The first kappa shape index (κ1) is 17.6. The number of amides is 2. The molecule has 2 atom stereocenters. The molecule has 0 radical (unpaired) electrons. The number of likely N-dealkylation sites (tertiary alicyclic amines) is 1. The van der Waals surface area contributed by atoms with Crippen molar-refractivity contribution >= 4 is 22.8 Å². The van der Waals surface area contributed by atoms with Crippen molar-refractivity contribution in [3.05, 3.63) is 24.3 Å². The van der Waals surface area contributed by atoms with Crippen LogP contribution in [0.2, 0.25) is 0 Å². The molecule has 144 valence electrons. The summed E-state index contributed by atoms with van der Waals surface area (Å²) in [6.45, 7) is 1.32. The molecule has 4 heterocycles. The van der Waals surface area contributed by atoms with Crippen molar-refractivity contribution in [2.75, 3.05) is 19.6 Å². The fraction of sp³-hybridized carbons (Fsp3) is 0.500. The van der Waals surface area contributed by atoms with Gasteiger partial charge in [0.05, 0.1) is 11.7 Å². The smallest absolute Gasteiger partial charge is 0.345 e. The minimum atomic E-state index is -4.44. The highest BCUT2D eigenvalue weighted by Gasteiger charge is 2.39. The predicted molar refractivity (Wildman–Crippen MR) is 90.2 cm³/mol. The predicted octanol–water partition coefficient (Wildman–Crippen LogP) is 2.30. The van der Waals surface area contributed by atoms with Crippen LogP contribution in [0.25, 0.3) is 16.8 Å². The van der Waals surface area contributed by atoms with E-state index in [-0.39, 0.29) is 18.4 Å². The number of carbonyl (C=O) groups is 1. The van der Waals surface area contributed by atoms with Gasteiger partial charge in [-0.3, -0.25) is 4.40 Å². The van der Waals surface area contributed by atoms with E-state index in [1.807, 2.05) is 22.7 Å². The van der Waals surface area contributed by atoms with Crippen LogP contribution in [0.4, 0.5) is 18.0 Å². The molecule has 0 bridgehead atoms. The number of aromatic amines is 1. The van der Waals surface area contributed by atoms with E-state index in [0.29, 0.717) is 23.7 Å². The molecular weight excluding hydrogens is 363 g/mol. The normalized spacial score (nSPS) is 20.7. The fourth-order valence-electron chi connectivity index (χ4n) is 3.67. The van der Waals surface area contributed by atoms with E-state index in [1.165, 1.54) is 4.90 Å². The van der Waals surface area contributed by atoms with Gasteiger partial charge in [-0.25, -0.2) is 9.78 Å². The molecule has 27 heavy (non-hydrogen) atoms. The molecule has 1 saturated heterocycles. The van der Waals surface area contributed by atoms with Gasteiger partial charge in [-0.15, -0.1) is 10.2 Å². The van der Waals surface area contributed by atoms with Crippen LogP contribution in [0, 0.1) is 5.92 Å². The third kappa shape index (κ3) is 3.17. The number of aromatic nitrogens is 5. The molecule has 2 amide bonds. The minimum absolute atomic E-state index is 0.0798. The van der Waals surface area contributed by atoms with Gasteiger partial charge in [-0.05, 0) is 12.0 Å². The average molecular weight is 381 g/mol. The Bertz CT molecular complexity index is 979. The number of halogens is 3. The van der Waals surface area contributed by atoms with Gasteiger partial charge in [-0.2, -0.15) is 13.2 Å². The Balaban J connectivity index is 1.63. The Morgan fingerprint density at radius 1 is 1.37 bits per heavy atom. The van der Waals surface area contributed by atoms with Crippen molar-refractivity contribution < 1.29 is 18.0 Å². The Labute approximate surface area is 151 Å².